The fourth-order valence-electron chi connectivity index (χ4n) is 5.33. The Kier molecular flexibility index (Phi) is 7.43. The van der Waals surface area contributed by atoms with Crippen molar-refractivity contribution in [3.8, 4) is 0 Å². The number of hydrogen-bond acceptors (Lipinski definition) is 6. The summed E-state index contributed by atoms with van der Waals surface area (Å²) < 4.78 is 25.9. The van der Waals surface area contributed by atoms with E-state index in [9.17, 15) is 4.79 Å². The van der Waals surface area contributed by atoms with E-state index in [4.69, 9.17) is 14.2 Å². The molecule has 1 saturated carbocycles. The summed E-state index contributed by atoms with van der Waals surface area (Å²) in [5.41, 5.74) is 2.56. The van der Waals surface area contributed by atoms with Gasteiger partial charge in [0.2, 0.25) is 0 Å². The van der Waals surface area contributed by atoms with Gasteiger partial charge in [-0.25, -0.2) is 9.37 Å². The first-order valence-electron chi connectivity index (χ1n) is 12.8. The van der Waals surface area contributed by atoms with E-state index < -0.39 is 0 Å². The first-order chi connectivity index (χ1) is 17.1. The molecule has 2 N–H and O–H groups in total. The molecule has 3 heterocycles. The molecule has 8 nitrogen and oxygen atoms in total. The van der Waals surface area contributed by atoms with Gasteiger partial charge in [0.25, 0.3) is 5.91 Å². The normalized spacial score (nSPS) is 19.4. The average molecular weight is 484 g/mol. The van der Waals surface area contributed by atoms with Gasteiger partial charge in [0.1, 0.15) is 23.2 Å². The van der Waals surface area contributed by atoms with Gasteiger partial charge in [-0.05, 0) is 31.7 Å². The number of hydrogen-bond donors (Lipinski definition) is 2. The van der Waals surface area contributed by atoms with Crippen molar-refractivity contribution in [1.82, 2.24) is 25.3 Å². The standard InChI is InChI=1S/C26H34FN5O3/c1-17-20(16-35-31-17)26(33)30-23(18-7-5-3-2-4-6-8-18)25-28-21-10-9-19(22(27)24(21)29-25)15-32-11-13-34-14-12-32/h9-10,16,18,23H,2-8,11-15H2,1H3,(H,28,29)(H,30,33). The van der Waals surface area contributed by atoms with Gasteiger partial charge in [-0.15, -0.1) is 0 Å². The molecule has 5 rings (SSSR count). The third kappa shape index (κ3) is 5.41. The van der Waals surface area contributed by atoms with Crippen LogP contribution >= 0.6 is 0 Å². The van der Waals surface area contributed by atoms with Crippen molar-refractivity contribution in [2.24, 2.45) is 5.92 Å². The van der Waals surface area contributed by atoms with Crippen LogP contribution in [0, 0.1) is 18.7 Å². The number of carbonyl (C=O) groups is 1. The average Bonchev–Trinajstić information content (AvgIpc) is 3.47. The predicted octanol–water partition coefficient (Wildman–Crippen LogP) is 4.66. The molecule has 1 atom stereocenters. The van der Waals surface area contributed by atoms with Gasteiger partial charge in [-0.2, -0.15) is 0 Å². The van der Waals surface area contributed by atoms with Gasteiger partial charge >= 0.3 is 0 Å². The van der Waals surface area contributed by atoms with E-state index in [-0.39, 0.29) is 23.7 Å². The number of carbonyl (C=O) groups excluding carboxylic acids is 1. The number of fused-ring (bicyclic) bond motifs is 1. The number of rotatable bonds is 6. The number of nitrogens with zero attached hydrogens (tertiary/aromatic N) is 3. The Morgan fingerprint density at radius 2 is 1.94 bits per heavy atom. The van der Waals surface area contributed by atoms with Crippen LogP contribution in [-0.2, 0) is 11.3 Å². The van der Waals surface area contributed by atoms with Crippen LogP contribution in [0.3, 0.4) is 0 Å². The minimum atomic E-state index is -0.343. The zero-order valence-electron chi connectivity index (χ0n) is 20.3. The van der Waals surface area contributed by atoms with Crippen molar-refractivity contribution in [2.75, 3.05) is 26.3 Å². The second kappa shape index (κ2) is 10.9. The maximum atomic E-state index is 15.6. The number of aromatic amines is 1. The molecule has 0 bridgehead atoms. The van der Waals surface area contributed by atoms with Gasteiger partial charge in [-0.1, -0.05) is 43.3 Å². The molecule has 9 heteroatoms. The van der Waals surface area contributed by atoms with Gasteiger partial charge in [0.15, 0.2) is 5.82 Å². The Labute approximate surface area is 204 Å². The Balaban J connectivity index is 1.45. The minimum absolute atomic E-state index is 0.218. The van der Waals surface area contributed by atoms with Crippen molar-refractivity contribution >= 4 is 16.9 Å². The number of morpholine rings is 1. The molecule has 1 amide bonds. The number of benzene rings is 1. The fourth-order valence-corrected chi connectivity index (χ4v) is 5.33. The van der Waals surface area contributed by atoms with Crippen LogP contribution in [0.2, 0.25) is 0 Å². The summed E-state index contributed by atoms with van der Waals surface area (Å²) in [6.45, 7) is 5.21. The summed E-state index contributed by atoms with van der Waals surface area (Å²) in [5, 5.41) is 7.02. The lowest BCUT2D eigenvalue weighted by molar-refractivity contribution is 0.0337. The molecule has 2 aliphatic rings. The molecule has 1 aliphatic heterocycles. The van der Waals surface area contributed by atoms with E-state index >= 15 is 4.39 Å². The molecule has 2 fully saturated rings. The molecule has 0 spiro atoms. The Bertz CT molecular complexity index is 1150. The molecule has 1 aromatic carbocycles. The van der Waals surface area contributed by atoms with Crippen molar-refractivity contribution in [2.45, 2.75) is 64.5 Å². The van der Waals surface area contributed by atoms with Crippen LogP contribution < -0.4 is 5.32 Å². The third-order valence-corrected chi connectivity index (χ3v) is 7.39. The molecule has 1 saturated heterocycles. The maximum Gasteiger partial charge on any atom is 0.257 e. The molecule has 2 aromatic heterocycles. The second-order valence-corrected chi connectivity index (χ2v) is 9.82. The van der Waals surface area contributed by atoms with Crippen molar-refractivity contribution < 1.29 is 18.4 Å². The maximum absolute atomic E-state index is 15.6. The lowest BCUT2D eigenvalue weighted by atomic mass is 9.85. The molecule has 3 aromatic rings. The molecule has 1 aliphatic carbocycles. The number of nitrogens with one attached hydrogen (secondary N) is 2. The fraction of sp³-hybridized carbons (Fsp3) is 0.577. The Morgan fingerprint density at radius 1 is 1.20 bits per heavy atom. The predicted molar refractivity (Wildman–Crippen MR) is 129 cm³/mol. The van der Waals surface area contributed by atoms with E-state index in [0.717, 1.165) is 38.8 Å². The molecular weight excluding hydrogens is 449 g/mol. The largest absolute Gasteiger partial charge is 0.379 e. The van der Waals surface area contributed by atoms with Crippen molar-refractivity contribution in [3.63, 3.8) is 0 Å². The molecule has 1 unspecified atom stereocenters. The zero-order valence-corrected chi connectivity index (χ0v) is 20.3. The van der Waals surface area contributed by atoms with E-state index in [2.05, 4.69) is 20.4 Å². The summed E-state index contributed by atoms with van der Waals surface area (Å²) in [7, 11) is 0. The lowest BCUT2D eigenvalue weighted by Crippen LogP contribution is -2.35. The van der Waals surface area contributed by atoms with E-state index in [1.807, 2.05) is 12.1 Å². The van der Waals surface area contributed by atoms with Crippen LogP contribution in [-0.4, -0.2) is 52.2 Å². The number of aryl methyl sites for hydroxylation is 1. The smallest absolute Gasteiger partial charge is 0.257 e. The highest BCUT2D eigenvalue weighted by Crippen LogP contribution is 2.34. The van der Waals surface area contributed by atoms with Crippen molar-refractivity contribution in [3.05, 3.63) is 46.9 Å². The molecular formula is C26H34FN5O3. The van der Waals surface area contributed by atoms with Crippen LogP contribution in [0.4, 0.5) is 4.39 Å². The topological polar surface area (TPSA) is 96.3 Å². The van der Waals surface area contributed by atoms with Gasteiger partial charge in [0, 0.05) is 25.2 Å². The summed E-state index contributed by atoms with van der Waals surface area (Å²) >= 11 is 0. The first kappa shape index (κ1) is 23.9. The third-order valence-electron chi connectivity index (χ3n) is 7.39. The number of halogens is 1. The second-order valence-electron chi connectivity index (χ2n) is 9.82. The van der Waals surface area contributed by atoms with E-state index in [0.29, 0.717) is 53.4 Å². The highest BCUT2D eigenvalue weighted by atomic mass is 19.1. The Morgan fingerprint density at radius 3 is 2.66 bits per heavy atom. The van der Waals surface area contributed by atoms with Crippen LogP contribution in [0.25, 0.3) is 11.0 Å². The Hall–Kier alpha value is -2.78. The first-order valence-corrected chi connectivity index (χ1v) is 12.8. The molecule has 188 valence electrons. The number of amides is 1. The zero-order chi connectivity index (χ0) is 24.2. The van der Waals surface area contributed by atoms with Crippen LogP contribution in [0.15, 0.2) is 22.9 Å². The van der Waals surface area contributed by atoms with E-state index in [1.165, 1.54) is 25.5 Å². The number of aromatic nitrogens is 3. The van der Waals surface area contributed by atoms with Gasteiger partial charge in [-0.3, -0.25) is 9.69 Å². The summed E-state index contributed by atoms with van der Waals surface area (Å²) in [5.74, 6) is 0.283. The number of ether oxygens (including phenoxy) is 1. The van der Waals surface area contributed by atoms with Gasteiger partial charge in [0.05, 0.1) is 30.5 Å². The monoisotopic (exact) mass is 483 g/mol. The van der Waals surface area contributed by atoms with Crippen LogP contribution in [0.5, 0.6) is 0 Å². The van der Waals surface area contributed by atoms with Gasteiger partial charge < -0.3 is 19.6 Å². The summed E-state index contributed by atoms with van der Waals surface area (Å²) in [6, 6.07) is 3.38. The van der Waals surface area contributed by atoms with E-state index in [1.54, 1.807) is 6.92 Å². The minimum Gasteiger partial charge on any atom is -0.379 e. The number of H-pyrrole nitrogens is 1. The quantitative estimate of drug-likeness (QED) is 0.529. The lowest BCUT2D eigenvalue weighted by Gasteiger charge is -2.28. The summed E-state index contributed by atoms with van der Waals surface area (Å²) in [6.07, 6.45) is 9.23. The highest BCUT2D eigenvalue weighted by Gasteiger charge is 2.30. The highest BCUT2D eigenvalue weighted by molar-refractivity contribution is 5.95. The molecule has 35 heavy (non-hydrogen) atoms. The van der Waals surface area contributed by atoms with Crippen LogP contribution in [0.1, 0.15) is 78.4 Å². The van der Waals surface area contributed by atoms with Crippen molar-refractivity contribution in [1.29, 1.82) is 0 Å². The molecule has 0 radical (unpaired) electrons. The number of imidazole rings is 1. The SMILES string of the molecule is Cc1nocc1C(=O)NC(c1nc2c(F)c(CN3CCOCC3)ccc2[nH]1)C1CCCCCCC1. The summed E-state index contributed by atoms with van der Waals surface area (Å²) in [4.78, 5) is 23.4.